The first kappa shape index (κ1) is 20.9. The van der Waals surface area contributed by atoms with Gasteiger partial charge in [-0.15, -0.1) is 0 Å². The van der Waals surface area contributed by atoms with Crippen molar-refractivity contribution in [1.82, 2.24) is 5.32 Å². The zero-order valence-corrected chi connectivity index (χ0v) is 16.1. The van der Waals surface area contributed by atoms with Gasteiger partial charge in [0.2, 0.25) is 21.8 Å². The van der Waals surface area contributed by atoms with E-state index in [2.05, 4.69) is 20.7 Å². The number of sulfonamides is 1. The topological polar surface area (TPSA) is 133 Å². The Morgan fingerprint density at radius 1 is 0.929 bits per heavy atom. The molecule has 28 heavy (non-hydrogen) atoms. The molecule has 0 unspecified atom stereocenters. The molecular weight excluding hydrogens is 384 g/mol. The average Bonchev–Trinajstić information content (AvgIpc) is 2.60. The van der Waals surface area contributed by atoms with Crippen LogP contribution in [0, 0.1) is 0 Å². The van der Waals surface area contributed by atoms with Crippen LogP contribution in [0.25, 0.3) is 0 Å². The van der Waals surface area contributed by atoms with Gasteiger partial charge in [-0.05, 0) is 30.3 Å². The summed E-state index contributed by atoms with van der Waals surface area (Å²) in [5.74, 6) is -1.48. The molecule has 148 valence electrons. The van der Waals surface area contributed by atoms with Crippen LogP contribution in [-0.4, -0.2) is 38.9 Å². The Kier molecular flexibility index (Phi) is 6.72. The Bertz CT molecular complexity index is 990. The normalized spacial score (nSPS) is 10.6. The third-order valence-electron chi connectivity index (χ3n) is 3.35. The third-order valence-corrected chi connectivity index (χ3v) is 3.94. The fourth-order valence-corrected chi connectivity index (χ4v) is 2.86. The van der Waals surface area contributed by atoms with Gasteiger partial charge in [0.25, 0.3) is 5.91 Å². The highest BCUT2D eigenvalue weighted by Crippen LogP contribution is 2.21. The molecule has 2 aromatic rings. The number of rotatable bonds is 7. The van der Waals surface area contributed by atoms with Crippen molar-refractivity contribution in [2.24, 2.45) is 0 Å². The van der Waals surface area contributed by atoms with Crippen LogP contribution >= 0.6 is 0 Å². The van der Waals surface area contributed by atoms with E-state index < -0.39 is 21.8 Å². The van der Waals surface area contributed by atoms with E-state index in [0.29, 0.717) is 11.4 Å². The van der Waals surface area contributed by atoms with Crippen molar-refractivity contribution in [3.8, 4) is 0 Å². The molecule has 0 heterocycles. The van der Waals surface area contributed by atoms with Crippen LogP contribution in [0.15, 0.2) is 48.5 Å². The number of anilines is 3. The van der Waals surface area contributed by atoms with Crippen LogP contribution in [0.5, 0.6) is 0 Å². The lowest BCUT2D eigenvalue weighted by Crippen LogP contribution is -2.33. The standard InChI is InChI=1S/C18H20N4O5S/c1-12(23)20-14-8-9-16(22-28(2,26)27)15(10-14)18(25)19-11-17(24)21-13-6-4-3-5-7-13/h3-10,22H,11H2,1-2H3,(H,19,25)(H,20,23)(H,21,24). The van der Waals surface area contributed by atoms with Gasteiger partial charge in [-0.2, -0.15) is 0 Å². The average molecular weight is 404 g/mol. The summed E-state index contributed by atoms with van der Waals surface area (Å²) in [6.07, 6.45) is 0.948. The lowest BCUT2D eigenvalue weighted by Gasteiger charge is -2.13. The highest BCUT2D eigenvalue weighted by Gasteiger charge is 2.16. The second kappa shape index (κ2) is 9.00. The number of hydrogen-bond acceptors (Lipinski definition) is 5. The number of carbonyl (C=O) groups is 3. The summed E-state index contributed by atoms with van der Waals surface area (Å²) < 4.78 is 25.3. The largest absolute Gasteiger partial charge is 0.343 e. The molecule has 0 saturated carbocycles. The Labute approximate surface area is 162 Å². The first-order valence-electron chi connectivity index (χ1n) is 8.16. The molecule has 0 spiro atoms. The van der Waals surface area contributed by atoms with Crippen molar-refractivity contribution in [2.75, 3.05) is 28.2 Å². The summed E-state index contributed by atoms with van der Waals surface area (Å²) >= 11 is 0. The summed E-state index contributed by atoms with van der Waals surface area (Å²) in [5.41, 5.74) is 0.876. The Balaban J connectivity index is 2.14. The molecule has 2 rings (SSSR count). The summed E-state index contributed by atoms with van der Waals surface area (Å²) in [7, 11) is -3.64. The van der Waals surface area contributed by atoms with Gasteiger partial charge < -0.3 is 16.0 Å². The van der Waals surface area contributed by atoms with Gasteiger partial charge in [0.15, 0.2) is 0 Å². The molecule has 0 saturated heterocycles. The third kappa shape index (κ3) is 6.72. The molecule has 3 amide bonds. The van der Waals surface area contributed by atoms with Gasteiger partial charge in [0.05, 0.1) is 24.1 Å². The molecule has 4 N–H and O–H groups in total. The van der Waals surface area contributed by atoms with E-state index in [1.54, 1.807) is 30.3 Å². The smallest absolute Gasteiger partial charge is 0.253 e. The predicted molar refractivity (Wildman–Crippen MR) is 107 cm³/mol. The highest BCUT2D eigenvalue weighted by atomic mass is 32.2. The summed E-state index contributed by atoms with van der Waals surface area (Å²) in [4.78, 5) is 35.7. The predicted octanol–water partition coefficient (Wildman–Crippen LogP) is 1.38. The van der Waals surface area contributed by atoms with Crippen LogP contribution in [0.2, 0.25) is 0 Å². The molecule has 9 nitrogen and oxygen atoms in total. The molecule has 2 aromatic carbocycles. The molecule has 0 aliphatic heterocycles. The van der Waals surface area contributed by atoms with Crippen molar-refractivity contribution in [3.05, 3.63) is 54.1 Å². The molecule has 0 aromatic heterocycles. The fraction of sp³-hybridized carbons (Fsp3) is 0.167. The van der Waals surface area contributed by atoms with E-state index >= 15 is 0 Å². The molecule has 0 aliphatic rings. The second-order valence-electron chi connectivity index (χ2n) is 5.91. The monoisotopic (exact) mass is 404 g/mol. The van der Waals surface area contributed by atoms with E-state index in [4.69, 9.17) is 0 Å². The maximum Gasteiger partial charge on any atom is 0.253 e. The van der Waals surface area contributed by atoms with Crippen LogP contribution in [0.3, 0.4) is 0 Å². The quantitative estimate of drug-likeness (QED) is 0.553. The minimum atomic E-state index is -3.64. The van der Waals surface area contributed by atoms with Crippen molar-refractivity contribution in [1.29, 1.82) is 0 Å². The van der Waals surface area contributed by atoms with Gasteiger partial charge in [-0.3, -0.25) is 19.1 Å². The van der Waals surface area contributed by atoms with Crippen molar-refractivity contribution in [3.63, 3.8) is 0 Å². The number of nitrogens with one attached hydrogen (secondary N) is 4. The van der Waals surface area contributed by atoms with E-state index in [1.165, 1.54) is 25.1 Å². The van der Waals surface area contributed by atoms with Gasteiger partial charge in [0, 0.05) is 18.3 Å². The lowest BCUT2D eigenvalue weighted by atomic mass is 10.1. The van der Waals surface area contributed by atoms with Crippen LogP contribution in [-0.2, 0) is 19.6 Å². The number of benzene rings is 2. The van der Waals surface area contributed by atoms with Crippen LogP contribution in [0.1, 0.15) is 17.3 Å². The first-order chi connectivity index (χ1) is 13.1. The molecular formula is C18H20N4O5S. The minimum Gasteiger partial charge on any atom is -0.343 e. The zero-order chi connectivity index (χ0) is 20.7. The highest BCUT2D eigenvalue weighted by molar-refractivity contribution is 7.92. The Morgan fingerprint density at radius 2 is 1.61 bits per heavy atom. The summed E-state index contributed by atoms with van der Waals surface area (Å²) in [6.45, 7) is 0.979. The first-order valence-corrected chi connectivity index (χ1v) is 10.1. The van der Waals surface area contributed by atoms with Crippen molar-refractivity contribution in [2.45, 2.75) is 6.92 Å². The Morgan fingerprint density at radius 3 is 2.21 bits per heavy atom. The SMILES string of the molecule is CC(=O)Nc1ccc(NS(C)(=O)=O)c(C(=O)NCC(=O)Nc2ccccc2)c1. The number of para-hydroxylation sites is 1. The summed E-state index contributed by atoms with van der Waals surface area (Å²) in [5, 5.41) is 7.56. The molecule has 0 bridgehead atoms. The maximum absolute atomic E-state index is 12.5. The number of carbonyl (C=O) groups excluding carboxylic acids is 3. The van der Waals surface area contributed by atoms with E-state index in [9.17, 15) is 22.8 Å². The van der Waals surface area contributed by atoms with Gasteiger partial charge in [-0.1, -0.05) is 18.2 Å². The minimum absolute atomic E-state index is 0.0255. The molecule has 0 atom stereocenters. The number of hydrogen-bond donors (Lipinski definition) is 4. The molecule has 0 aliphatic carbocycles. The Hall–Kier alpha value is -3.40. The maximum atomic E-state index is 12.5. The van der Waals surface area contributed by atoms with Crippen LogP contribution < -0.4 is 20.7 Å². The van der Waals surface area contributed by atoms with Crippen molar-refractivity contribution >= 4 is 44.8 Å². The molecule has 0 fully saturated rings. The van der Waals surface area contributed by atoms with E-state index in [-0.39, 0.29) is 23.7 Å². The van der Waals surface area contributed by atoms with Gasteiger partial charge >= 0.3 is 0 Å². The molecule has 0 radical (unpaired) electrons. The molecule has 10 heteroatoms. The summed E-state index contributed by atoms with van der Waals surface area (Å²) in [6, 6.07) is 12.8. The van der Waals surface area contributed by atoms with Crippen molar-refractivity contribution < 1.29 is 22.8 Å². The number of amides is 3. The van der Waals surface area contributed by atoms with Crippen LogP contribution in [0.4, 0.5) is 17.1 Å². The van der Waals surface area contributed by atoms with Gasteiger partial charge in [-0.25, -0.2) is 8.42 Å². The van der Waals surface area contributed by atoms with E-state index in [1.807, 2.05) is 0 Å². The van der Waals surface area contributed by atoms with Gasteiger partial charge in [0.1, 0.15) is 0 Å². The van der Waals surface area contributed by atoms with E-state index in [0.717, 1.165) is 6.26 Å². The fourth-order valence-electron chi connectivity index (χ4n) is 2.28. The second-order valence-corrected chi connectivity index (χ2v) is 7.66. The lowest BCUT2D eigenvalue weighted by molar-refractivity contribution is -0.115. The zero-order valence-electron chi connectivity index (χ0n) is 15.3.